The van der Waals surface area contributed by atoms with E-state index in [9.17, 15) is 20.0 Å². The molecule has 0 aliphatic heterocycles. The molecule has 0 radical (unpaired) electrons. The number of aliphatic hydroxyl groups excluding tert-OH is 1. The van der Waals surface area contributed by atoms with E-state index in [1.54, 1.807) is 36.4 Å². The predicted octanol–water partition coefficient (Wildman–Crippen LogP) is 4.15. The van der Waals surface area contributed by atoms with Gasteiger partial charge in [-0.25, -0.2) is 4.79 Å². The smallest absolute Gasteiger partial charge is 0.336 e. The molecule has 0 aliphatic rings. The molecule has 2 aromatic rings. The third-order valence-electron chi connectivity index (χ3n) is 4.33. The molecule has 30 heavy (non-hydrogen) atoms. The summed E-state index contributed by atoms with van der Waals surface area (Å²) in [4.78, 5) is 23.4. The number of aliphatic hydroxyl groups is 1. The molecule has 9 heteroatoms. The van der Waals surface area contributed by atoms with Crippen LogP contribution >= 0.6 is 11.8 Å². The van der Waals surface area contributed by atoms with Gasteiger partial charge in [0.2, 0.25) is 0 Å². The van der Waals surface area contributed by atoms with Crippen LogP contribution in [0.2, 0.25) is 0 Å². The number of nitro benzene ring substituents is 1. The van der Waals surface area contributed by atoms with Crippen molar-refractivity contribution in [1.29, 1.82) is 0 Å². The molecule has 0 bridgehead atoms. The Morgan fingerprint density at radius 2 is 1.90 bits per heavy atom. The van der Waals surface area contributed by atoms with Crippen LogP contribution in [0.1, 0.15) is 30.6 Å². The number of benzene rings is 2. The number of unbranched alkanes of at least 4 members (excludes halogenated alkanes) is 1. The van der Waals surface area contributed by atoms with Crippen LogP contribution in [0, 0.1) is 10.1 Å². The first kappa shape index (κ1) is 23.5. The van der Waals surface area contributed by atoms with E-state index in [0.717, 1.165) is 24.6 Å². The number of hydrogen-bond donors (Lipinski definition) is 1. The average molecular weight is 435 g/mol. The quantitative estimate of drug-likeness (QED) is 0.184. The summed E-state index contributed by atoms with van der Waals surface area (Å²) in [5.41, 5.74) is 0.418. The Labute approximate surface area is 179 Å². The average Bonchev–Trinajstić information content (AvgIpc) is 2.77. The fourth-order valence-corrected chi connectivity index (χ4v) is 3.98. The standard InChI is InChI=1S/C21H25NO7S/c1-4-5-13-29-17-8-6-7-16(22(25)26)20(17)30-19(18(23)21(24)28-3)14-9-11-15(27-2)12-10-14/h6-12,18-19,23H,4-5,13H2,1-3H3/t18-,19+/m1/s1. The summed E-state index contributed by atoms with van der Waals surface area (Å²) >= 11 is 0.988. The van der Waals surface area contributed by atoms with E-state index in [1.807, 2.05) is 6.92 Å². The van der Waals surface area contributed by atoms with Crippen molar-refractivity contribution in [3.05, 3.63) is 58.1 Å². The molecule has 162 valence electrons. The first-order valence-electron chi connectivity index (χ1n) is 9.39. The van der Waals surface area contributed by atoms with Gasteiger partial charge < -0.3 is 19.3 Å². The lowest BCUT2D eigenvalue weighted by molar-refractivity contribution is -0.387. The largest absolute Gasteiger partial charge is 0.497 e. The van der Waals surface area contributed by atoms with E-state index >= 15 is 0 Å². The fourth-order valence-electron chi connectivity index (χ4n) is 2.69. The summed E-state index contributed by atoms with van der Waals surface area (Å²) < 4.78 is 15.6. The van der Waals surface area contributed by atoms with Crippen LogP contribution in [0.3, 0.4) is 0 Å². The highest BCUT2D eigenvalue weighted by Crippen LogP contribution is 2.46. The van der Waals surface area contributed by atoms with Gasteiger partial charge in [0, 0.05) is 6.07 Å². The molecule has 0 fully saturated rings. The highest BCUT2D eigenvalue weighted by Gasteiger charge is 2.33. The zero-order chi connectivity index (χ0) is 22.1. The van der Waals surface area contributed by atoms with Crippen molar-refractivity contribution >= 4 is 23.4 Å². The molecule has 0 heterocycles. The molecule has 2 rings (SSSR count). The second-order valence-corrected chi connectivity index (χ2v) is 7.49. The number of carbonyl (C=O) groups excluding carboxylic acids is 1. The Morgan fingerprint density at radius 1 is 1.20 bits per heavy atom. The number of rotatable bonds is 11. The molecule has 0 amide bonds. The zero-order valence-corrected chi connectivity index (χ0v) is 17.9. The van der Waals surface area contributed by atoms with Crippen molar-refractivity contribution in [3.8, 4) is 11.5 Å². The van der Waals surface area contributed by atoms with Crippen molar-refractivity contribution < 1.29 is 29.0 Å². The lowest BCUT2D eigenvalue weighted by atomic mass is 10.1. The fraction of sp³-hybridized carbons (Fsp3) is 0.381. The molecule has 0 unspecified atom stereocenters. The maximum absolute atomic E-state index is 12.1. The lowest BCUT2D eigenvalue weighted by Gasteiger charge is -2.22. The minimum Gasteiger partial charge on any atom is -0.497 e. The van der Waals surface area contributed by atoms with Gasteiger partial charge in [0.1, 0.15) is 16.4 Å². The second-order valence-electron chi connectivity index (χ2n) is 6.34. The highest BCUT2D eigenvalue weighted by atomic mass is 32.2. The Kier molecular flexibility index (Phi) is 8.94. The van der Waals surface area contributed by atoms with Crippen LogP contribution in [0.4, 0.5) is 5.69 Å². The first-order chi connectivity index (χ1) is 14.4. The third kappa shape index (κ3) is 5.87. The minimum absolute atomic E-state index is 0.162. The lowest BCUT2D eigenvalue weighted by Crippen LogP contribution is -2.27. The number of carbonyl (C=O) groups is 1. The van der Waals surface area contributed by atoms with E-state index in [0.29, 0.717) is 23.7 Å². The Bertz CT molecular complexity index is 857. The Balaban J connectivity index is 2.49. The number of nitrogens with zero attached hydrogens (tertiary/aromatic N) is 1. The highest BCUT2D eigenvalue weighted by molar-refractivity contribution is 7.99. The van der Waals surface area contributed by atoms with E-state index in [2.05, 4.69) is 0 Å². The number of nitro groups is 1. The molecule has 2 atom stereocenters. The van der Waals surface area contributed by atoms with Gasteiger partial charge in [-0.05, 0) is 30.2 Å². The first-order valence-corrected chi connectivity index (χ1v) is 10.3. The summed E-state index contributed by atoms with van der Waals surface area (Å²) in [6, 6.07) is 11.3. The van der Waals surface area contributed by atoms with Crippen LogP contribution < -0.4 is 9.47 Å². The monoisotopic (exact) mass is 435 g/mol. The van der Waals surface area contributed by atoms with Gasteiger partial charge in [0.15, 0.2) is 6.10 Å². The molecule has 0 aromatic heterocycles. The number of hydrogen-bond acceptors (Lipinski definition) is 8. The zero-order valence-electron chi connectivity index (χ0n) is 17.1. The number of ether oxygens (including phenoxy) is 3. The van der Waals surface area contributed by atoms with Crippen molar-refractivity contribution in [2.24, 2.45) is 0 Å². The van der Waals surface area contributed by atoms with Crippen LogP contribution in [0.25, 0.3) is 0 Å². The summed E-state index contributed by atoms with van der Waals surface area (Å²) in [6.07, 6.45) is 0.156. The van der Waals surface area contributed by atoms with Crippen molar-refractivity contribution in [1.82, 2.24) is 0 Å². The molecule has 2 aromatic carbocycles. The van der Waals surface area contributed by atoms with E-state index in [1.165, 1.54) is 20.3 Å². The number of methoxy groups -OCH3 is 2. The summed E-state index contributed by atoms with van der Waals surface area (Å²) in [7, 11) is 2.70. The SMILES string of the molecule is CCCCOc1cccc([N+](=O)[O-])c1S[C@@H](c1ccc(OC)cc1)[C@@H](O)C(=O)OC. The van der Waals surface area contributed by atoms with Gasteiger partial charge in [-0.2, -0.15) is 0 Å². The van der Waals surface area contributed by atoms with Crippen LogP contribution in [0.5, 0.6) is 11.5 Å². The topological polar surface area (TPSA) is 108 Å². The molecule has 0 saturated carbocycles. The van der Waals surface area contributed by atoms with Gasteiger partial charge >= 0.3 is 5.97 Å². The van der Waals surface area contributed by atoms with Crippen LogP contribution in [-0.4, -0.2) is 42.9 Å². The van der Waals surface area contributed by atoms with Crippen molar-refractivity contribution in [2.75, 3.05) is 20.8 Å². The summed E-state index contributed by atoms with van der Waals surface area (Å²) in [5.74, 6) is 0.0953. The molecule has 0 aliphatic carbocycles. The van der Waals surface area contributed by atoms with E-state index in [4.69, 9.17) is 14.2 Å². The molecular formula is C21H25NO7S. The second kappa shape index (κ2) is 11.4. The molecular weight excluding hydrogens is 410 g/mol. The Hall–Kier alpha value is -2.78. The summed E-state index contributed by atoms with van der Waals surface area (Å²) in [6.45, 7) is 2.41. The van der Waals surface area contributed by atoms with Gasteiger partial charge in [0.05, 0.1) is 31.0 Å². The minimum atomic E-state index is -1.54. The van der Waals surface area contributed by atoms with Crippen LogP contribution in [-0.2, 0) is 9.53 Å². The van der Waals surface area contributed by atoms with Crippen LogP contribution in [0.15, 0.2) is 47.4 Å². The van der Waals surface area contributed by atoms with Gasteiger partial charge in [-0.1, -0.05) is 31.5 Å². The number of esters is 1. The van der Waals surface area contributed by atoms with Crippen molar-refractivity contribution in [2.45, 2.75) is 36.0 Å². The Morgan fingerprint density at radius 3 is 2.47 bits per heavy atom. The summed E-state index contributed by atoms with van der Waals surface area (Å²) in [5, 5.41) is 21.4. The van der Waals surface area contributed by atoms with Crippen molar-refractivity contribution in [3.63, 3.8) is 0 Å². The molecule has 0 saturated heterocycles. The predicted molar refractivity (Wildman–Crippen MR) is 113 cm³/mol. The molecule has 0 spiro atoms. The van der Waals surface area contributed by atoms with E-state index < -0.39 is 22.2 Å². The van der Waals surface area contributed by atoms with Gasteiger partial charge in [-0.3, -0.25) is 10.1 Å². The normalized spacial score (nSPS) is 12.7. The maximum atomic E-state index is 12.1. The number of thioether (sulfide) groups is 1. The maximum Gasteiger partial charge on any atom is 0.336 e. The van der Waals surface area contributed by atoms with Gasteiger partial charge in [-0.15, -0.1) is 11.8 Å². The van der Waals surface area contributed by atoms with Gasteiger partial charge in [0.25, 0.3) is 5.69 Å². The third-order valence-corrected chi connectivity index (χ3v) is 5.76. The molecule has 8 nitrogen and oxygen atoms in total. The molecule has 1 N–H and O–H groups in total. The van der Waals surface area contributed by atoms with E-state index in [-0.39, 0.29) is 10.6 Å².